The van der Waals surface area contributed by atoms with E-state index in [-0.39, 0.29) is 5.82 Å². The molecule has 1 amide bonds. The van der Waals surface area contributed by atoms with Gasteiger partial charge in [-0.25, -0.2) is 19.7 Å². The lowest BCUT2D eigenvalue weighted by atomic mass is 10.2. The second-order valence-electron chi connectivity index (χ2n) is 5.13. The molecule has 0 saturated heterocycles. The molecule has 2 N–H and O–H groups in total. The maximum absolute atomic E-state index is 12.2. The third kappa shape index (κ3) is 2.81. The van der Waals surface area contributed by atoms with Gasteiger partial charge in [-0.1, -0.05) is 0 Å². The summed E-state index contributed by atoms with van der Waals surface area (Å²) in [5.74, 6) is -0.861. The van der Waals surface area contributed by atoms with Gasteiger partial charge in [-0.15, -0.1) is 0 Å². The zero-order valence-electron chi connectivity index (χ0n) is 13.3. The zero-order valence-corrected chi connectivity index (χ0v) is 13.3. The largest absolute Gasteiger partial charge is 0.449 e. The van der Waals surface area contributed by atoms with Crippen LogP contribution in [-0.2, 0) is 16.6 Å². The van der Waals surface area contributed by atoms with Crippen molar-refractivity contribution >= 4 is 28.9 Å². The van der Waals surface area contributed by atoms with Crippen molar-refractivity contribution in [2.75, 3.05) is 5.32 Å². The van der Waals surface area contributed by atoms with Gasteiger partial charge in [0.2, 0.25) is 0 Å². The van der Waals surface area contributed by atoms with E-state index in [1.54, 1.807) is 18.7 Å². The highest BCUT2D eigenvalue weighted by Crippen LogP contribution is 2.15. The molecule has 0 aromatic carbocycles. The second kappa shape index (κ2) is 6.07. The number of H-pyrrole nitrogens is 1. The topological polar surface area (TPSA) is 128 Å². The average molecular weight is 329 g/mol. The van der Waals surface area contributed by atoms with Gasteiger partial charge in [0.1, 0.15) is 17.4 Å². The quantitative estimate of drug-likeness (QED) is 0.670. The molecule has 0 aliphatic rings. The molecule has 0 saturated carbocycles. The van der Waals surface area contributed by atoms with Crippen molar-refractivity contribution in [1.82, 2.24) is 29.7 Å². The van der Waals surface area contributed by atoms with E-state index in [2.05, 4.69) is 30.4 Å². The molecule has 0 spiro atoms. The number of anilines is 1. The monoisotopic (exact) mass is 329 g/mol. The van der Waals surface area contributed by atoms with Crippen LogP contribution in [0.25, 0.3) is 11.2 Å². The summed E-state index contributed by atoms with van der Waals surface area (Å²) in [6.45, 7) is 3.22. The van der Waals surface area contributed by atoms with Crippen LogP contribution in [-0.4, -0.2) is 47.7 Å². The van der Waals surface area contributed by atoms with Crippen molar-refractivity contribution in [2.24, 2.45) is 7.05 Å². The second-order valence-corrected chi connectivity index (χ2v) is 5.13. The van der Waals surface area contributed by atoms with E-state index in [4.69, 9.17) is 4.74 Å². The molecule has 0 fully saturated rings. The molecular formula is C14H15N7O3. The Labute approximate surface area is 136 Å². The molecular weight excluding hydrogens is 314 g/mol. The molecule has 3 aromatic rings. The summed E-state index contributed by atoms with van der Waals surface area (Å²) in [4.78, 5) is 39.1. The van der Waals surface area contributed by atoms with Crippen molar-refractivity contribution in [3.63, 3.8) is 0 Å². The van der Waals surface area contributed by atoms with Crippen molar-refractivity contribution in [3.05, 3.63) is 30.1 Å². The number of carbonyl (C=O) groups is 2. The number of aromatic nitrogens is 6. The number of aryl methyl sites for hydroxylation is 1. The van der Waals surface area contributed by atoms with Gasteiger partial charge in [0.05, 0.1) is 12.5 Å². The van der Waals surface area contributed by atoms with Crippen LogP contribution in [0.15, 0.2) is 18.9 Å². The first-order chi connectivity index (χ1) is 11.5. The third-order valence-electron chi connectivity index (χ3n) is 3.57. The van der Waals surface area contributed by atoms with Crippen molar-refractivity contribution in [3.8, 4) is 0 Å². The molecule has 1 atom stereocenters. The SMILES string of the molecule is Cc1c(C(=O)OC(C)C(=O)Nc2ncnc3nc[nH]c23)cnn1C. The van der Waals surface area contributed by atoms with Gasteiger partial charge >= 0.3 is 5.97 Å². The highest BCUT2D eigenvalue weighted by Gasteiger charge is 2.22. The van der Waals surface area contributed by atoms with E-state index in [0.29, 0.717) is 22.4 Å². The van der Waals surface area contributed by atoms with E-state index in [0.717, 1.165) is 0 Å². The number of imidazole rings is 1. The minimum Gasteiger partial charge on any atom is -0.449 e. The smallest absolute Gasteiger partial charge is 0.342 e. The predicted octanol–water partition coefficient (Wildman–Crippen LogP) is 0.579. The summed E-state index contributed by atoms with van der Waals surface area (Å²) in [6, 6.07) is 0. The number of hydrogen-bond donors (Lipinski definition) is 2. The van der Waals surface area contributed by atoms with Crippen molar-refractivity contribution < 1.29 is 14.3 Å². The Balaban J connectivity index is 1.70. The molecule has 10 heteroatoms. The number of nitrogens with zero attached hydrogens (tertiary/aromatic N) is 5. The Morgan fingerprint density at radius 1 is 1.33 bits per heavy atom. The van der Waals surface area contributed by atoms with E-state index >= 15 is 0 Å². The Bertz CT molecular complexity index is 914. The maximum Gasteiger partial charge on any atom is 0.342 e. The molecule has 3 aromatic heterocycles. The minimum absolute atomic E-state index is 0.267. The van der Waals surface area contributed by atoms with Gasteiger partial charge < -0.3 is 15.0 Å². The van der Waals surface area contributed by atoms with Gasteiger partial charge in [-0.3, -0.25) is 9.48 Å². The number of aromatic amines is 1. The number of esters is 1. The fourth-order valence-corrected chi connectivity index (χ4v) is 2.05. The van der Waals surface area contributed by atoms with E-state index in [1.807, 2.05) is 0 Å². The lowest BCUT2D eigenvalue weighted by Gasteiger charge is -2.13. The number of amides is 1. The first kappa shape index (κ1) is 15.6. The van der Waals surface area contributed by atoms with Crippen LogP contribution in [0, 0.1) is 6.92 Å². The third-order valence-corrected chi connectivity index (χ3v) is 3.57. The van der Waals surface area contributed by atoms with E-state index < -0.39 is 18.0 Å². The molecule has 0 bridgehead atoms. The van der Waals surface area contributed by atoms with Crippen LogP contribution in [0.2, 0.25) is 0 Å². The number of ether oxygens (including phenoxy) is 1. The Morgan fingerprint density at radius 2 is 2.12 bits per heavy atom. The molecule has 3 heterocycles. The van der Waals surface area contributed by atoms with E-state index in [9.17, 15) is 9.59 Å². The Morgan fingerprint density at radius 3 is 2.83 bits per heavy atom. The van der Waals surface area contributed by atoms with Crippen LogP contribution in [0.1, 0.15) is 23.0 Å². The molecule has 0 aliphatic heterocycles. The Kier molecular flexibility index (Phi) is 3.94. The van der Waals surface area contributed by atoms with Gasteiger partial charge in [0.25, 0.3) is 5.91 Å². The van der Waals surface area contributed by atoms with Crippen molar-refractivity contribution in [1.29, 1.82) is 0 Å². The van der Waals surface area contributed by atoms with Crippen LogP contribution in [0.4, 0.5) is 5.82 Å². The van der Waals surface area contributed by atoms with Crippen LogP contribution < -0.4 is 5.32 Å². The Hall–Kier alpha value is -3.30. The van der Waals surface area contributed by atoms with Gasteiger partial charge in [-0.05, 0) is 13.8 Å². The van der Waals surface area contributed by atoms with Gasteiger partial charge in [0, 0.05) is 12.7 Å². The number of nitrogens with one attached hydrogen (secondary N) is 2. The molecule has 1 unspecified atom stereocenters. The summed E-state index contributed by atoms with van der Waals surface area (Å²) < 4.78 is 6.74. The molecule has 10 nitrogen and oxygen atoms in total. The average Bonchev–Trinajstić information content (AvgIpc) is 3.15. The standard InChI is InChI=1S/C14H15N7O3/c1-7-9(4-19-21(7)3)14(23)24-8(2)13(22)20-12-10-11(16-5-15-10)17-6-18-12/h4-6,8H,1-3H3,(H2,15,16,17,18,20,22). The van der Waals surface area contributed by atoms with Crippen LogP contribution >= 0.6 is 0 Å². The fourth-order valence-electron chi connectivity index (χ4n) is 2.05. The van der Waals surface area contributed by atoms with Gasteiger partial charge in [-0.2, -0.15) is 5.10 Å². The first-order valence-corrected chi connectivity index (χ1v) is 7.12. The highest BCUT2D eigenvalue weighted by atomic mass is 16.5. The molecule has 124 valence electrons. The highest BCUT2D eigenvalue weighted by molar-refractivity contribution is 6.00. The normalized spacial score (nSPS) is 12.1. The lowest BCUT2D eigenvalue weighted by molar-refractivity contribution is -0.123. The van der Waals surface area contributed by atoms with Crippen LogP contribution in [0.3, 0.4) is 0 Å². The van der Waals surface area contributed by atoms with E-state index in [1.165, 1.54) is 25.8 Å². The summed E-state index contributed by atoms with van der Waals surface area (Å²) >= 11 is 0. The first-order valence-electron chi connectivity index (χ1n) is 7.12. The van der Waals surface area contributed by atoms with Crippen molar-refractivity contribution in [2.45, 2.75) is 20.0 Å². The van der Waals surface area contributed by atoms with Gasteiger partial charge in [0.15, 0.2) is 17.6 Å². The summed E-state index contributed by atoms with van der Waals surface area (Å²) in [6.07, 6.45) is 3.13. The molecule has 0 aliphatic carbocycles. The summed E-state index contributed by atoms with van der Waals surface area (Å²) in [7, 11) is 1.72. The zero-order chi connectivity index (χ0) is 17.3. The molecule has 24 heavy (non-hydrogen) atoms. The maximum atomic E-state index is 12.2. The summed E-state index contributed by atoms with van der Waals surface area (Å²) in [5, 5.41) is 6.56. The molecule has 3 rings (SSSR count). The molecule has 0 radical (unpaired) electrons. The lowest BCUT2D eigenvalue weighted by Crippen LogP contribution is -2.30. The number of carbonyl (C=O) groups excluding carboxylic acids is 2. The minimum atomic E-state index is -1.01. The fraction of sp³-hybridized carbons (Fsp3) is 0.286. The number of fused-ring (bicyclic) bond motifs is 1. The number of hydrogen-bond acceptors (Lipinski definition) is 7. The summed E-state index contributed by atoms with van der Waals surface area (Å²) in [5.41, 5.74) is 1.89. The predicted molar refractivity (Wildman–Crippen MR) is 83.1 cm³/mol. The van der Waals surface area contributed by atoms with Crippen LogP contribution in [0.5, 0.6) is 0 Å². The number of rotatable bonds is 4.